The summed E-state index contributed by atoms with van der Waals surface area (Å²) in [5, 5.41) is 11.9. The molecule has 10 nitrogen and oxygen atoms in total. The van der Waals surface area contributed by atoms with Crippen LogP contribution in [0.2, 0.25) is 5.02 Å². The van der Waals surface area contributed by atoms with E-state index in [1.807, 2.05) is 4.90 Å². The number of aromatic nitrogens is 2. The van der Waals surface area contributed by atoms with E-state index in [1.54, 1.807) is 0 Å². The lowest BCUT2D eigenvalue weighted by molar-refractivity contribution is 0.102. The molecular formula is C23H37ClN6O4. The smallest absolute Gasteiger partial charge is 0.407 e. The van der Waals surface area contributed by atoms with Crippen LogP contribution in [-0.4, -0.2) is 53.6 Å². The van der Waals surface area contributed by atoms with Crippen molar-refractivity contribution in [3.05, 3.63) is 21.6 Å². The van der Waals surface area contributed by atoms with Gasteiger partial charge < -0.3 is 26.0 Å². The Balaban J connectivity index is 0.000000271. The lowest BCUT2D eigenvalue weighted by atomic mass is 9.87. The monoisotopic (exact) mass is 496 g/mol. The van der Waals surface area contributed by atoms with Gasteiger partial charge >= 0.3 is 12.1 Å². The molecule has 0 aromatic carbocycles. The van der Waals surface area contributed by atoms with E-state index in [4.69, 9.17) is 22.1 Å². The number of hydrogen-bond donors (Lipinski definition) is 4. The minimum atomic E-state index is -0.414. The summed E-state index contributed by atoms with van der Waals surface area (Å²) in [7, 11) is 0. The Morgan fingerprint density at radius 1 is 1.09 bits per heavy atom. The van der Waals surface area contributed by atoms with Gasteiger partial charge in [-0.05, 0) is 44.4 Å². The Kier molecular flexibility index (Phi) is 9.86. The molecular weight excluding hydrogens is 460 g/mol. The summed E-state index contributed by atoms with van der Waals surface area (Å²) in [5.41, 5.74) is 5.14. The molecule has 2 heterocycles. The van der Waals surface area contributed by atoms with Crippen molar-refractivity contribution in [1.82, 2.24) is 20.8 Å². The van der Waals surface area contributed by atoms with Gasteiger partial charge in [0.2, 0.25) is 0 Å². The van der Waals surface area contributed by atoms with Gasteiger partial charge in [-0.1, -0.05) is 37.8 Å². The second-order valence-corrected chi connectivity index (χ2v) is 9.98. The highest BCUT2D eigenvalue weighted by molar-refractivity contribution is 6.33. The van der Waals surface area contributed by atoms with Crippen LogP contribution in [0.3, 0.4) is 0 Å². The molecule has 11 heteroatoms. The van der Waals surface area contributed by atoms with Crippen molar-refractivity contribution in [3.8, 4) is 0 Å². The van der Waals surface area contributed by atoms with E-state index < -0.39 is 5.56 Å². The van der Waals surface area contributed by atoms with E-state index in [-0.39, 0.29) is 29.3 Å². The van der Waals surface area contributed by atoms with Crippen LogP contribution in [0, 0.1) is 5.92 Å². The first-order valence-corrected chi connectivity index (χ1v) is 12.7. The van der Waals surface area contributed by atoms with Crippen molar-refractivity contribution in [2.75, 3.05) is 18.0 Å². The predicted molar refractivity (Wildman–Crippen MR) is 131 cm³/mol. The third-order valence-electron chi connectivity index (χ3n) is 6.83. The SMILES string of the molecule is CC1CCC(NC(=O)O[C@@H]2CCN(c3cn[nH]c(=O)c3Cl)C2)CC1.NC(=O)NC1CCCCC1. The molecule has 1 saturated heterocycles. The number of alkyl carbamates (subject to hydrolysis) is 1. The standard InChI is InChI=1S/C16H23ClN4O3.C7H14N2O/c1-10-2-4-11(5-3-10)19-16(23)24-12-6-7-21(9-12)13-8-18-20-15(22)14(13)17;8-7(10)9-6-4-2-1-3-5-6/h8,10-12H,2-7,9H2,1H3,(H,19,23)(H,20,22);6H,1-5H2,(H3,8,9,10)/t10?,11?,12-;/m1./s1. The number of hydrogen-bond acceptors (Lipinski definition) is 6. The van der Waals surface area contributed by atoms with Crippen molar-refractivity contribution in [2.45, 2.75) is 89.3 Å². The summed E-state index contributed by atoms with van der Waals surface area (Å²) < 4.78 is 5.52. The van der Waals surface area contributed by atoms with Gasteiger partial charge in [0.05, 0.1) is 18.4 Å². The zero-order valence-electron chi connectivity index (χ0n) is 19.9. The van der Waals surface area contributed by atoms with Crippen LogP contribution in [0.5, 0.6) is 0 Å². The first-order chi connectivity index (χ1) is 16.3. The van der Waals surface area contributed by atoms with Crippen molar-refractivity contribution in [2.24, 2.45) is 11.7 Å². The fraction of sp³-hybridized carbons (Fsp3) is 0.739. The molecule has 0 spiro atoms. The minimum absolute atomic E-state index is 0.117. The van der Waals surface area contributed by atoms with Gasteiger partial charge in [-0.15, -0.1) is 0 Å². The van der Waals surface area contributed by atoms with Crippen LogP contribution in [0.15, 0.2) is 11.0 Å². The first-order valence-electron chi connectivity index (χ1n) is 12.3. The Morgan fingerprint density at radius 3 is 2.44 bits per heavy atom. The fourth-order valence-electron chi connectivity index (χ4n) is 4.84. The summed E-state index contributed by atoms with van der Waals surface area (Å²) >= 11 is 6.02. The number of carbonyl (C=O) groups is 2. The normalized spacial score (nSPS) is 25.1. The molecule has 3 amide bonds. The van der Waals surface area contributed by atoms with E-state index in [0.717, 1.165) is 44.4 Å². The van der Waals surface area contributed by atoms with E-state index >= 15 is 0 Å². The Labute approximate surface area is 205 Å². The Bertz CT molecular complexity index is 867. The summed E-state index contributed by atoms with van der Waals surface area (Å²) in [6.07, 6.45) is 12.0. The molecule has 0 bridgehead atoms. The highest BCUT2D eigenvalue weighted by Crippen LogP contribution is 2.26. The molecule has 2 aliphatic carbocycles. The molecule has 0 radical (unpaired) electrons. The zero-order valence-corrected chi connectivity index (χ0v) is 20.6. The van der Waals surface area contributed by atoms with Gasteiger partial charge in [-0.3, -0.25) is 4.79 Å². The number of H-pyrrole nitrogens is 1. The number of halogens is 1. The van der Waals surface area contributed by atoms with Crippen LogP contribution in [-0.2, 0) is 4.74 Å². The lowest BCUT2D eigenvalue weighted by Crippen LogP contribution is -2.39. The number of anilines is 1. The van der Waals surface area contributed by atoms with Gasteiger partial charge in [0, 0.05) is 25.0 Å². The minimum Gasteiger partial charge on any atom is -0.444 e. The fourth-order valence-corrected chi connectivity index (χ4v) is 5.05. The molecule has 4 rings (SSSR count). The zero-order chi connectivity index (χ0) is 24.5. The largest absolute Gasteiger partial charge is 0.444 e. The van der Waals surface area contributed by atoms with Crippen LogP contribution < -0.4 is 26.8 Å². The average molecular weight is 497 g/mol. The number of nitrogens with two attached hydrogens (primary N) is 1. The van der Waals surface area contributed by atoms with Crippen LogP contribution in [0.1, 0.15) is 71.1 Å². The first kappa shape index (κ1) is 26.1. The van der Waals surface area contributed by atoms with Gasteiger partial charge in [-0.25, -0.2) is 14.7 Å². The summed E-state index contributed by atoms with van der Waals surface area (Å²) in [6.45, 7) is 3.43. The van der Waals surface area contributed by atoms with Gasteiger partial charge in [0.15, 0.2) is 0 Å². The number of amides is 3. The van der Waals surface area contributed by atoms with Gasteiger partial charge in [0.25, 0.3) is 5.56 Å². The van der Waals surface area contributed by atoms with Crippen molar-refractivity contribution in [1.29, 1.82) is 0 Å². The number of rotatable bonds is 4. The topological polar surface area (TPSA) is 142 Å². The third kappa shape index (κ3) is 8.07. The average Bonchev–Trinajstić information content (AvgIpc) is 3.26. The number of carbonyl (C=O) groups excluding carboxylic acids is 2. The molecule has 2 saturated carbocycles. The maximum Gasteiger partial charge on any atom is 0.407 e. The van der Waals surface area contributed by atoms with E-state index in [2.05, 4.69) is 27.8 Å². The molecule has 1 atom stereocenters. The van der Waals surface area contributed by atoms with Crippen molar-refractivity contribution < 1.29 is 14.3 Å². The van der Waals surface area contributed by atoms with Crippen LogP contribution in [0.25, 0.3) is 0 Å². The molecule has 34 heavy (non-hydrogen) atoms. The lowest BCUT2D eigenvalue weighted by Gasteiger charge is -2.27. The van der Waals surface area contributed by atoms with Crippen LogP contribution in [0.4, 0.5) is 15.3 Å². The molecule has 1 aromatic rings. The molecule has 3 aliphatic rings. The van der Waals surface area contributed by atoms with Crippen LogP contribution >= 0.6 is 11.6 Å². The third-order valence-corrected chi connectivity index (χ3v) is 7.19. The predicted octanol–water partition coefficient (Wildman–Crippen LogP) is 3.29. The quantitative estimate of drug-likeness (QED) is 0.503. The number of aromatic amines is 1. The van der Waals surface area contributed by atoms with E-state index in [1.165, 1.54) is 25.5 Å². The molecule has 0 unspecified atom stereocenters. The number of ether oxygens (including phenoxy) is 1. The second kappa shape index (κ2) is 12.8. The molecule has 3 fully saturated rings. The number of nitrogens with one attached hydrogen (secondary N) is 3. The molecule has 5 N–H and O–H groups in total. The Hall–Kier alpha value is -2.49. The second-order valence-electron chi connectivity index (χ2n) is 9.61. The van der Waals surface area contributed by atoms with Crippen molar-refractivity contribution in [3.63, 3.8) is 0 Å². The maximum absolute atomic E-state index is 12.1. The molecule has 1 aliphatic heterocycles. The van der Waals surface area contributed by atoms with Crippen molar-refractivity contribution >= 4 is 29.4 Å². The summed E-state index contributed by atoms with van der Waals surface area (Å²) in [4.78, 5) is 35.9. The Morgan fingerprint density at radius 2 is 1.76 bits per heavy atom. The molecule has 190 valence electrons. The number of primary amides is 1. The van der Waals surface area contributed by atoms with Gasteiger partial charge in [0.1, 0.15) is 11.1 Å². The highest BCUT2D eigenvalue weighted by Gasteiger charge is 2.29. The summed E-state index contributed by atoms with van der Waals surface area (Å²) in [6, 6.07) is 0.190. The number of nitrogens with zero attached hydrogens (tertiary/aromatic N) is 2. The maximum atomic E-state index is 12.1. The highest BCUT2D eigenvalue weighted by atomic mass is 35.5. The summed E-state index contributed by atoms with van der Waals surface area (Å²) in [5.74, 6) is 0.745. The number of urea groups is 1. The van der Waals surface area contributed by atoms with E-state index in [9.17, 15) is 14.4 Å². The van der Waals surface area contributed by atoms with Gasteiger partial charge in [-0.2, -0.15) is 5.10 Å². The van der Waals surface area contributed by atoms with E-state index in [0.29, 0.717) is 31.2 Å². The molecule has 1 aromatic heterocycles.